The number of nitrogens with zero attached hydrogens (tertiary/aromatic N) is 1. The Hall–Kier alpha value is -0.540. The lowest BCUT2D eigenvalue weighted by molar-refractivity contribution is 0.424. The van der Waals surface area contributed by atoms with E-state index in [1.807, 2.05) is 0 Å². The molecular formula is C18H29BrN2. The molecule has 0 atom stereocenters. The lowest BCUT2D eigenvalue weighted by Crippen LogP contribution is -2.35. The maximum absolute atomic E-state index is 3.75. The Morgan fingerprint density at radius 3 is 2.52 bits per heavy atom. The number of nitrogens with one attached hydrogen (secondary N) is 1. The Balaban J connectivity index is 2.06. The predicted octanol–water partition coefficient (Wildman–Crippen LogP) is 5.11. The van der Waals surface area contributed by atoms with Crippen LogP contribution in [0.25, 0.3) is 0 Å². The molecule has 0 radical (unpaired) electrons. The van der Waals surface area contributed by atoms with Gasteiger partial charge in [0.05, 0.1) is 0 Å². The zero-order chi connectivity index (χ0) is 15.5. The summed E-state index contributed by atoms with van der Waals surface area (Å²) >= 11 is 3.75. The third-order valence-electron chi connectivity index (χ3n) is 3.92. The lowest BCUT2D eigenvalue weighted by Gasteiger charge is -2.26. The van der Waals surface area contributed by atoms with Crippen LogP contribution in [-0.4, -0.2) is 18.1 Å². The van der Waals surface area contributed by atoms with Crippen LogP contribution in [0.2, 0.25) is 0 Å². The third-order valence-corrected chi connectivity index (χ3v) is 4.66. The minimum Gasteiger partial charge on any atom is -0.369 e. The summed E-state index contributed by atoms with van der Waals surface area (Å²) in [6.45, 7) is 11.0. The quantitative estimate of drug-likeness (QED) is 0.733. The van der Waals surface area contributed by atoms with E-state index in [1.54, 1.807) is 0 Å². The molecular weight excluding hydrogens is 324 g/mol. The Morgan fingerprint density at radius 1 is 1.29 bits per heavy atom. The van der Waals surface area contributed by atoms with E-state index >= 15 is 0 Å². The van der Waals surface area contributed by atoms with Crippen molar-refractivity contribution < 1.29 is 0 Å². The van der Waals surface area contributed by atoms with Gasteiger partial charge in [0, 0.05) is 34.8 Å². The van der Waals surface area contributed by atoms with E-state index in [9.17, 15) is 0 Å². The van der Waals surface area contributed by atoms with E-state index in [2.05, 4.69) is 72.0 Å². The van der Waals surface area contributed by atoms with E-state index in [0.29, 0.717) is 0 Å². The van der Waals surface area contributed by atoms with Crippen molar-refractivity contribution in [1.82, 2.24) is 5.32 Å². The number of rotatable bonds is 7. The molecule has 0 spiro atoms. The molecule has 118 valence electrons. The first-order chi connectivity index (χ1) is 9.90. The fraction of sp³-hybridized carbons (Fsp3) is 0.667. The van der Waals surface area contributed by atoms with Crippen LogP contribution in [0.1, 0.15) is 58.9 Å². The topological polar surface area (TPSA) is 15.3 Å². The molecule has 0 aromatic heterocycles. The number of anilines is 1. The summed E-state index contributed by atoms with van der Waals surface area (Å²) in [5.74, 6) is 0. The number of hydrogen-bond donors (Lipinski definition) is 1. The second-order valence-corrected chi connectivity index (χ2v) is 8.01. The van der Waals surface area contributed by atoms with Gasteiger partial charge in [-0.25, -0.2) is 0 Å². The van der Waals surface area contributed by atoms with Gasteiger partial charge in [-0.2, -0.15) is 0 Å². The highest BCUT2D eigenvalue weighted by Crippen LogP contribution is 2.34. The number of hydrogen-bond acceptors (Lipinski definition) is 2. The number of benzene rings is 1. The largest absolute Gasteiger partial charge is 0.369 e. The molecule has 0 bridgehead atoms. The van der Waals surface area contributed by atoms with E-state index in [4.69, 9.17) is 0 Å². The fourth-order valence-electron chi connectivity index (χ4n) is 2.46. The molecule has 1 fully saturated rings. The van der Waals surface area contributed by atoms with Crippen molar-refractivity contribution >= 4 is 21.6 Å². The summed E-state index contributed by atoms with van der Waals surface area (Å²) in [6, 6.07) is 7.63. The van der Waals surface area contributed by atoms with E-state index in [-0.39, 0.29) is 5.54 Å². The summed E-state index contributed by atoms with van der Waals surface area (Å²) in [4.78, 5) is 2.59. The monoisotopic (exact) mass is 352 g/mol. The molecule has 1 saturated carbocycles. The van der Waals surface area contributed by atoms with Crippen LogP contribution in [0.5, 0.6) is 0 Å². The van der Waals surface area contributed by atoms with Gasteiger partial charge < -0.3 is 10.2 Å². The van der Waals surface area contributed by atoms with Gasteiger partial charge in [-0.15, -0.1) is 0 Å². The Bertz CT molecular complexity index is 461. The van der Waals surface area contributed by atoms with Gasteiger partial charge in [0.25, 0.3) is 0 Å². The molecule has 2 rings (SSSR count). The first kappa shape index (κ1) is 16.8. The van der Waals surface area contributed by atoms with Gasteiger partial charge in [0.15, 0.2) is 0 Å². The molecule has 0 amide bonds. The first-order valence-corrected chi connectivity index (χ1v) is 9.00. The van der Waals surface area contributed by atoms with Crippen molar-refractivity contribution in [2.75, 3.05) is 11.4 Å². The van der Waals surface area contributed by atoms with Crippen LogP contribution in [0.15, 0.2) is 22.7 Å². The zero-order valence-corrected chi connectivity index (χ0v) is 15.5. The standard InChI is InChI=1S/C18H29BrN2/c1-5-6-11-21(15-9-10-15)16-8-7-14(17(19)12-16)13-20-18(2,3)4/h7-8,12,15,20H,5-6,9-11,13H2,1-4H3. The molecule has 3 heteroatoms. The van der Waals surface area contributed by atoms with Gasteiger partial charge in [-0.3, -0.25) is 0 Å². The second kappa shape index (κ2) is 7.15. The normalized spacial score (nSPS) is 15.3. The van der Waals surface area contributed by atoms with Crippen molar-refractivity contribution in [3.05, 3.63) is 28.2 Å². The molecule has 1 aliphatic rings. The average Bonchev–Trinajstić information content (AvgIpc) is 3.21. The highest BCUT2D eigenvalue weighted by molar-refractivity contribution is 9.10. The maximum atomic E-state index is 3.75. The van der Waals surface area contributed by atoms with Gasteiger partial charge in [-0.05, 0) is 57.7 Å². The van der Waals surface area contributed by atoms with E-state index in [0.717, 1.165) is 12.6 Å². The minimum atomic E-state index is 0.152. The van der Waals surface area contributed by atoms with Crippen molar-refractivity contribution in [1.29, 1.82) is 0 Å². The second-order valence-electron chi connectivity index (χ2n) is 7.16. The first-order valence-electron chi connectivity index (χ1n) is 8.21. The Morgan fingerprint density at radius 2 is 2.00 bits per heavy atom. The Kier molecular flexibility index (Phi) is 5.73. The van der Waals surface area contributed by atoms with Crippen LogP contribution in [-0.2, 0) is 6.54 Å². The van der Waals surface area contributed by atoms with Gasteiger partial charge >= 0.3 is 0 Å². The maximum Gasteiger partial charge on any atom is 0.0380 e. The average molecular weight is 353 g/mol. The molecule has 1 aromatic rings. The molecule has 2 nitrogen and oxygen atoms in total. The lowest BCUT2D eigenvalue weighted by atomic mass is 10.1. The van der Waals surface area contributed by atoms with Crippen molar-refractivity contribution in [3.8, 4) is 0 Å². The SMILES string of the molecule is CCCCN(c1ccc(CNC(C)(C)C)c(Br)c1)C1CC1. The predicted molar refractivity (Wildman–Crippen MR) is 96.0 cm³/mol. The van der Waals surface area contributed by atoms with Crippen molar-refractivity contribution in [2.24, 2.45) is 0 Å². The molecule has 1 aliphatic carbocycles. The van der Waals surface area contributed by atoms with Gasteiger partial charge in [-0.1, -0.05) is 35.3 Å². The molecule has 21 heavy (non-hydrogen) atoms. The number of halogens is 1. The Labute approximate surface area is 138 Å². The van der Waals surface area contributed by atoms with Gasteiger partial charge in [0.2, 0.25) is 0 Å². The highest BCUT2D eigenvalue weighted by atomic mass is 79.9. The van der Waals surface area contributed by atoms with Crippen LogP contribution in [0, 0.1) is 0 Å². The highest BCUT2D eigenvalue weighted by Gasteiger charge is 2.29. The third kappa shape index (κ3) is 5.30. The van der Waals surface area contributed by atoms with Crippen molar-refractivity contribution in [3.63, 3.8) is 0 Å². The molecule has 0 heterocycles. The van der Waals surface area contributed by atoms with Crippen LogP contribution in [0.4, 0.5) is 5.69 Å². The number of unbranched alkanes of at least 4 members (excludes halogenated alkanes) is 1. The van der Waals surface area contributed by atoms with Crippen LogP contribution in [0.3, 0.4) is 0 Å². The van der Waals surface area contributed by atoms with Crippen LogP contribution < -0.4 is 10.2 Å². The summed E-state index contributed by atoms with van der Waals surface area (Å²) in [5.41, 5.74) is 2.86. The van der Waals surface area contributed by atoms with E-state index in [1.165, 1.54) is 48.0 Å². The fourth-order valence-corrected chi connectivity index (χ4v) is 2.96. The molecule has 1 N–H and O–H groups in total. The molecule has 0 aliphatic heterocycles. The molecule has 1 aromatic carbocycles. The van der Waals surface area contributed by atoms with Crippen molar-refractivity contribution in [2.45, 2.75) is 71.5 Å². The van der Waals surface area contributed by atoms with E-state index < -0.39 is 0 Å². The summed E-state index contributed by atoms with van der Waals surface area (Å²) < 4.78 is 1.22. The van der Waals surface area contributed by atoms with Gasteiger partial charge in [0.1, 0.15) is 0 Å². The molecule has 0 unspecified atom stereocenters. The smallest absolute Gasteiger partial charge is 0.0380 e. The minimum absolute atomic E-state index is 0.152. The summed E-state index contributed by atoms with van der Waals surface area (Å²) in [6.07, 6.45) is 5.25. The molecule has 0 saturated heterocycles. The van der Waals surface area contributed by atoms with Crippen LogP contribution >= 0.6 is 15.9 Å². The zero-order valence-electron chi connectivity index (χ0n) is 13.9. The summed E-state index contributed by atoms with van der Waals surface area (Å²) in [5, 5.41) is 3.55. The summed E-state index contributed by atoms with van der Waals surface area (Å²) in [7, 11) is 0.